The van der Waals surface area contributed by atoms with Crippen LogP contribution in [0, 0.1) is 13.8 Å². The van der Waals surface area contributed by atoms with Gasteiger partial charge in [-0.25, -0.2) is 13.6 Å². The molecule has 0 bridgehead atoms. The number of hydrogen-bond acceptors (Lipinski definition) is 4. The minimum absolute atomic E-state index is 0.0184. The minimum atomic E-state index is -3.84. The monoisotopic (exact) mass is 334 g/mol. The summed E-state index contributed by atoms with van der Waals surface area (Å²) >= 11 is 0. The first-order valence-corrected chi connectivity index (χ1v) is 8.44. The number of nitrogens with one attached hydrogen (secondary N) is 1. The van der Waals surface area contributed by atoms with E-state index in [0.717, 1.165) is 5.56 Å². The predicted octanol–water partition coefficient (Wildman–Crippen LogP) is 1.97. The number of amides is 1. The molecule has 0 aliphatic rings. The number of primary sulfonamides is 1. The number of aryl methyl sites for hydroxylation is 2. The third-order valence-corrected chi connectivity index (χ3v) is 4.28. The highest BCUT2D eigenvalue weighted by atomic mass is 32.2. The first kappa shape index (κ1) is 17.0. The lowest BCUT2D eigenvalue weighted by molar-refractivity contribution is -0.118. The molecule has 0 atom stereocenters. The molecule has 0 unspecified atom stereocenters. The van der Waals surface area contributed by atoms with E-state index in [4.69, 9.17) is 9.88 Å². The molecular formula is C16H18N2O4S. The van der Waals surface area contributed by atoms with Crippen LogP contribution in [0.5, 0.6) is 5.75 Å². The molecule has 2 aromatic carbocycles. The Morgan fingerprint density at radius 2 is 1.83 bits per heavy atom. The summed E-state index contributed by atoms with van der Waals surface area (Å²) in [6.07, 6.45) is 0. The highest BCUT2D eigenvalue weighted by Gasteiger charge is 2.13. The number of hydrogen-bond donors (Lipinski definition) is 2. The molecule has 0 aromatic heterocycles. The lowest BCUT2D eigenvalue weighted by Gasteiger charge is -2.11. The summed E-state index contributed by atoms with van der Waals surface area (Å²) < 4.78 is 28.4. The summed E-state index contributed by atoms with van der Waals surface area (Å²) in [6, 6.07) is 11.9. The third-order valence-electron chi connectivity index (χ3n) is 3.23. The van der Waals surface area contributed by atoms with E-state index in [2.05, 4.69) is 5.32 Å². The second-order valence-corrected chi connectivity index (χ2v) is 6.66. The summed E-state index contributed by atoms with van der Waals surface area (Å²) in [5.74, 6) is 0.231. The van der Waals surface area contributed by atoms with Crippen molar-refractivity contribution >= 4 is 21.6 Å². The summed E-state index contributed by atoms with van der Waals surface area (Å²) in [5, 5.41) is 7.73. The molecule has 23 heavy (non-hydrogen) atoms. The van der Waals surface area contributed by atoms with Gasteiger partial charge in [-0.2, -0.15) is 0 Å². The molecule has 0 aliphatic heterocycles. The van der Waals surface area contributed by atoms with Gasteiger partial charge in [0.15, 0.2) is 6.61 Å². The number of carbonyl (C=O) groups is 1. The van der Waals surface area contributed by atoms with E-state index in [1.54, 1.807) is 25.1 Å². The maximum absolute atomic E-state index is 11.9. The van der Waals surface area contributed by atoms with Gasteiger partial charge in [-0.05, 0) is 43.2 Å². The Bertz CT molecular complexity index is 832. The zero-order valence-corrected chi connectivity index (χ0v) is 13.7. The van der Waals surface area contributed by atoms with E-state index in [9.17, 15) is 13.2 Å². The molecular weight excluding hydrogens is 316 g/mol. The molecule has 122 valence electrons. The van der Waals surface area contributed by atoms with Gasteiger partial charge in [0.05, 0.1) is 4.90 Å². The zero-order valence-electron chi connectivity index (χ0n) is 12.9. The zero-order chi connectivity index (χ0) is 17.0. The summed E-state index contributed by atoms with van der Waals surface area (Å²) in [4.78, 5) is 11.9. The molecule has 0 heterocycles. The second kappa shape index (κ2) is 6.80. The van der Waals surface area contributed by atoms with Crippen molar-refractivity contribution in [2.45, 2.75) is 18.7 Å². The maximum atomic E-state index is 11.9. The molecule has 0 radical (unpaired) electrons. The molecule has 2 aromatic rings. The number of carbonyl (C=O) groups excluding carboxylic acids is 1. The van der Waals surface area contributed by atoms with Gasteiger partial charge in [0.1, 0.15) is 5.75 Å². The van der Waals surface area contributed by atoms with Gasteiger partial charge in [-0.15, -0.1) is 0 Å². The molecule has 0 fully saturated rings. The SMILES string of the molecule is Cc1ccccc1OCC(=O)Nc1ccc(C)c(S(N)(=O)=O)c1. The van der Waals surface area contributed by atoms with Crippen molar-refractivity contribution in [2.24, 2.45) is 5.14 Å². The fourth-order valence-electron chi connectivity index (χ4n) is 2.04. The van der Waals surface area contributed by atoms with Crippen LogP contribution in [0.2, 0.25) is 0 Å². The van der Waals surface area contributed by atoms with Gasteiger partial charge >= 0.3 is 0 Å². The molecule has 2 rings (SSSR count). The topological polar surface area (TPSA) is 98.5 Å². The number of para-hydroxylation sites is 1. The minimum Gasteiger partial charge on any atom is -0.483 e. The number of ether oxygens (including phenoxy) is 1. The lowest BCUT2D eigenvalue weighted by atomic mass is 10.2. The quantitative estimate of drug-likeness (QED) is 0.873. The summed E-state index contributed by atoms with van der Waals surface area (Å²) in [5.41, 5.74) is 1.78. The largest absolute Gasteiger partial charge is 0.483 e. The Morgan fingerprint density at radius 1 is 1.13 bits per heavy atom. The van der Waals surface area contributed by atoms with E-state index >= 15 is 0 Å². The van der Waals surface area contributed by atoms with Crippen LogP contribution in [-0.4, -0.2) is 20.9 Å². The summed E-state index contributed by atoms with van der Waals surface area (Å²) in [6.45, 7) is 3.33. The van der Waals surface area contributed by atoms with E-state index < -0.39 is 15.9 Å². The molecule has 6 nitrogen and oxygen atoms in total. The Kier molecular flexibility index (Phi) is 5.02. The second-order valence-electron chi connectivity index (χ2n) is 5.13. The normalized spacial score (nSPS) is 11.1. The number of rotatable bonds is 5. The van der Waals surface area contributed by atoms with Gasteiger partial charge in [-0.1, -0.05) is 24.3 Å². The van der Waals surface area contributed by atoms with Crippen molar-refractivity contribution in [3.8, 4) is 5.75 Å². The van der Waals surface area contributed by atoms with Crippen LogP contribution in [0.3, 0.4) is 0 Å². The molecule has 7 heteroatoms. The van der Waals surface area contributed by atoms with Crippen molar-refractivity contribution in [2.75, 3.05) is 11.9 Å². The van der Waals surface area contributed by atoms with Crippen molar-refractivity contribution in [1.29, 1.82) is 0 Å². The van der Waals surface area contributed by atoms with Crippen molar-refractivity contribution in [3.63, 3.8) is 0 Å². The average Bonchev–Trinajstić information content (AvgIpc) is 2.47. The van der Waals surface area contributed by atoms with Crippen LogP contribution in [0.1, 0.15) is 11.1 Å². The number of sulfonamides is 1. The Hall–Kier alpha value is -2.38. The standard InChI is InChI=1S/C16H18N2O4S/c1-11-5-3-4-6-14(11)22-10-16(19)18-13-8-7-12(2)15(9-13)23(17,20)21/h3-9H,10H2,1-2H3,(H,18,19)(H2,17,20,21). The Balaban J connectivity index is 2.05. The summed E-state index contributed by atoms with van der Waals surface area (Å²) in [7, 11) is -3.84. The van der Waals surface area contributed by atoms with Gasteiger partial charge in [0, 0.05) is 5.69 Å². The van der Waals surface area contributed by atoms with Crippen molar-refractivity contribution in [3.05, 3.63) is 53.6 Å². The van der Waals surface area contributed by atoms with Crippen LogP contribution in [0.4, 0.5) is 5.69 Å². The van der Waals surface area contributed by atoms with Crippen LogP contribution < -0.4 is 15.2 Å². The highest BCUT2D eigenvalue weighted by Crippen LogP contribution is 2.19. The van der Waals surface area contributed by atoms with E-state index in [-0.39, 0.29) is 11.5 Å². The molecule has 3 N–H and O–H groups in total. The van der Waals surface area contributed by atoms with Gasteiger partial charge in [0.25, 0.3) is 5.91 Å². The maximum Gasteiger partial charge on any atom is 0.262 e. The number of anilines is 1. The lowest BCUT2D eigenvalue weighted by Crippen LogP contribution is -2.21. The molecule has 0 saturated carbocycles. The molecule has 0 aliphatic carbocycles. The average molecular weight is 334 g/mol. The number of nitrogens with two attached hydrogens (primary N) is 1. The number of benzene rings is 2. The fraction of sp³-hybridized carbons (Fsp3) is 0.188. The third kappa shape index (κ3) is 4.54. The first-order valence-electron chi connectivity index (χ1n) is 6.89. The molecule has 0 saturated heterocycles. The molecule has 1 amide bonds. The Morgan fingerprint density at radius 3 is 2.48 bits per heavy atom. The van der Waals surface area contributed by atoms with E-state index in [1.165, 1.54) is 6.07 Å². The van der Waals surface area contributed by atoms with Crippen LogP contribution in [0.15, 0.2) is 47.4 Å². The fourth-order valence-corrected chi connectivity index (χ4v) is 2.85. The van der Waals surface area contributed by atoms with Gasteiger partial charge < -0.3 is 10.1 Å². The van der Waals surface area contributed by atoms with Gasteiger partial charge in [0.2, 0.25) is 10.0 Å². The van der Waals surface area contributed by atoms with E-state index in [1.807, 2.05) is 25.1 Å². The molecule has 0 spiro atoms. The van der Waals surface area contributed by atoms with Crippen LogP contribution >= 0.6 is 0 Å². The first-order chi connectivity index (χ1) is 10.8. The van der Waals surface area contributed by atoms with Crippen molar-refractivity contribution < 1.29 is 17.9 Å². The Labute approximate surface area is 135 Å². The van der Waals surface area contributed by atoms with Crippen LogP contribution in [-0.2, 0) is 14.8 Å². The highest BCUT2D eigenvalue weighted by molar-refractivity contribution is 7.89. The van der Waals surface area contributed by atoms with E-state index in [0.29, 0.717) is 17.0 Å². The van der Waals surface area contributed by atoms with Crippen LogP contribution in [0.25, 0.3) is 0 Å². The smallest absolute Gasteiger partial charge is 0.262 e. The predicted molar refractivity (Wildman–Crippen MR) is 87.9 cm³/mol. The van der Waals surface area contributed by atoms with Gasteiger partial charge in [-0.3, -0.25) is 4.79 Å². The van der Waals surface area contributed by atoms with Crippen molar-refractivity contribution in [1.82, 2.24) is 0 Å².